The number of carbonyl (C=O) groups is 1. The summed E-state index contributed by atoms with van der Waals surface area (Å²) >= 11 is 0. The zero-order valence-electron chi connectivity index (χ0n) is 14.6. The van der Waals surface area contributed by atoms with E-state index in [0.29, 0.717) is 23.8 Å². The predicted molar refractivity (Wildman–Crippen MR) is 95.6 cm³/mol. The maximum absolute atomic E-state index is 12.5. The lowest BCUT2D eigenvalue weighted by Gasteiger charge is -2.32. The zero-order chi connectivity index (χ0) is 17.9. The molecule has 1 unspecified atom stereocenters. The summed E-state index contributed by atoms with van der Waals surface area (Å²) in [5.74, 6) is 0.0937. The Hall–Kier alpha value is -1.64. The van der Waals surface area contributed by atoms with E-state index < -0.39 is 10.0 Å². The van der Waals surface area contributed by atoms with Gasteiger partial charge in [0.25, 0.3) is 0 Å². The highest BCUT2D eigenvalue weighted by Gasteiger charge is 2.29. The van der Waals surface area contributed by atoms with Crippen molar-refractivity contribution in [2.45, 2.75) is 18.7 Å². The molecule has 1 atom stereocenters. The van der Waals surface area contributed by atoms with Crippen LogP contribution in [0.4, 0.5) is 11.4 Å². The van der Waals surface area contributed by atoms with Gasteiger partial charge < -0.3 is 16.0 Å². The largest absolute Gasteiger partial charge is 0.384 e. The van der Waals surface area contributed by atoms with E-state index in [0.717, 1.165) is 17.4 Å². The monoisotopic (exact) mass is 354 g/mol. The van der Waals surface area contributed by atoms with Gasteiger partial charge in [-0.3, -0.25) is 4.79 Å². The highest BCUT2D eigenvalue weighted by molar-refractivity contribution is 7.89. The maximum Gasteiger partial charge on any atom is 0.242 e. The van der Waals surface area contributed by atoms with E-state index in [1.807, 2.05) is 13.8 Å². The third-order valence-electron chi connectivity index (χ3n) is 4.33. The van der Waals surface area contributed by atoms with E-state index in [4.69, 9.17) is 0 Å². The second-order valence-corrected chi connectivity index (χ2v) is 8.37. The second kappa shape index (κ2) is 7.50. The number of rotatable bonds is 7. The van der Waals surface area contributed by atoms with Crippen LogP contribution in [0.3, 0.4) is 0 Å². The Morgan fingerprint density at radius 3 is 2.50 bits per heavy atom. The number of hydrogen-bond donors (Lipinski definition) is 3. The van der Waals surface area contributed by atoms with Gasteiger partial charge in [-0.1, -0.05) is 6.92 Å². The molecule has 0 bridgehead atoms. The molecule has 1 heterocycles. The van der Waals surface area contributed by atoms with E-state index in [9.17, 15) is 13.2 Å². The van der Waals surface area contributed by atoms with Crippen molar-refractivity contribution in [2.24, 2.45) is 11.8 Å². The molecule has 0 radical (unpaired) electrons. The van der Waals surface area contributed by atoms with Crippen LogP contribution in [0.2, 0.25) is 0 Å². The molecular weight excluding hydrogens is 328 g/mol. The smallest absolute Gasteiger partial charge is 0.242 e. The molecule has 1 aromatic rings. The molecule has 134 valence electrons. The van der Waals surface area contributed by atoms with Gasteiger partial charge in [-0.05, 0) is 44.1 Å². The van der Waals surface area contributed by atoms with Crippen molar-refractivity contribution in [3.8, 4) is 0 Å². The number of nitrogens with one attached hydrogen (secondary N) is 3. The maximum atomic E-state index is 12.5. The Kier molecular flexibility index (Phi) is 5.84. The molecule has 1 aromatic carbocycles. The Morgan fingerprint density at radius 2 is 2.00 bits per heavy atom. The summed E-state index contributed by atoms with van der Waals surface area (Å²) in [4.78, 5) is 12.6. The first-order valence-electron chi connectivity index (χ1n) is 8.09. The standard InChI is InChI=1S/C16H26N4O3S/c1-5-18-14-7-6-13(24(22,23)20(3)4)8-15(14)19-16(21)11(2)12-9-17-10-12/h6-8,11-12,17-18H,5,9-10H2,1-4H3,(H,19,21). The predicted octanol–water partition coefficient (Wildman–Crippen LogP) is 1.16. The molecule has 3 N–H and O–H groups in total. The highest BCUT2D eigenvalue weighted by atomic mass is 32.2. The molecular formula is C16H26N4O3S. The summed E-state index contributed by atoms with van der Waals surface area (Å²) in [5.41, 5.74) is 1.20. The molecule has 7 nitrogen and oxygen atoms in total. The quantitative estimate of drug-likeness (QED) is 0.684. The van der Waals surface area contributed by atoms with E-state index >= 15 is 0 Å². The first-order valence-corrected chi connectivity index (χ1v) is 9.53. The summed E-state index contributed by atoms with van der Waals surface area (Å²) in [6.07, 6.45) is 0. The number of sulfonamides is 1. The highest BCUT2D eigenvalue weighted by Crippen LogP contribution is 2.28. The summed E-state index contributed by atoms with van der Waals surface area (Å²) in [7, 11) is -0.586. The molecule has 1 aliphatic rings. The minimum Gasteiger partial charge on any atom is -0.384 e. The minimum atomic E-state index is -3.55. The van der Waals surface area contributed by atoms with Gasteiger partial charge in [0.15, 0.2) is 0 Å². The fourth-order valence-corrected chi connectivity index (χ4v) is 3.40. The molecule has 1 amide bonds. The van der Waals surface area contributed by atoms with Crippen LogP contribution in [0.25, 0.3) is 0 Å². The molecule has 24 heavy (non-hydrogen) atoms. The van der Waals surface area contributed by atoms with E-state index in [-0.39, 0.29) is 16.7 Å². The number of nitrogens with zero attached hydrogens (tertiary/aromatic N) is 1. The van der Waals surface area contributed by atoms with Crippen LogP contribution >= 0.6 is 0 Å². The van der Waals surface area contributed by atoms with E-state index in [1.165, 1.54) is 20.2 Å². The first kappa shape index (κ1) is 18.7. The van der Waals surface area contributed by atoms with Crippen molar-refractivity contribution in [3.05, 3.63) is 18.2 Å². The molecule has 1 aliphatic heterocycles. The van der Waals surface area contributed by atoms with Crippen LogP contribution < -0.4 is 16.0 Å². The average Bonchev–Trinajstić information content (AvgIpc) is 2.47. The van der Waals surface area contributed by atoms with Crippen molar-refractivity contribution in [2.75, 3.05) is 44.4 Å². The Balaban J connectivity index is 2.29. The van der Waals surface area contributed by atoms with Gasteiger partial charge in [-0.25, -0.2) is 12.7 Å². The molecule has 0 spiro atoms. The Morgan fingerprint density at radius 1 is 1.33 bits per heavy atom. The second-order valence-electron chi connectivity index (χ2n) is 6.22. The summed E-state index contributed by atoms with van der Waals surface area (Å²) in [6.45, 7) is 6.19. The van der Waals surface area contributed by atoms with Crippen molar-refractivity contribution in [1.29, 1.82) is 0 Å². The number of benzene rings is 1. The number of amides is 1. The third kappa shape index (κ3) is 3.88. The van der Waals surface area contributed by atoms with Gasteiger partial charge in [0.2, 0.25) is 15.9 Å². The topological polar surface area (TPSA) is 90.5 Å². The lowest BCUT2D eigenvalue weighted by Crippen LogP contribution is -2.48. The van der Waals surface area contributed by atoms with Crippen LogP contribution in [0, 0.1) is 11.8 Å². The van der Waals surface area contributed by atoms with Crippen molar-refractivity contribution in [1.82, 2.24) is 9.62 Å². The van der Waals surface area contributed by atoms with Gasteiger partial charge in [0, 0.05) is 26.6 Å². The molecule has 2 rings (SSSR count). The molecule has 0 aliphatic carbocycles. The van der Waals surface area contributed by atoms with Crippen LogP contribution in [0.5, 0.6) is 0 Å². The van der Waals surface area contributed by atoms with E-state index in [1.54, 1.807) is 12.1 Å². The van der Waals surface area contributed by atoms with Gasteiger partial charge in [0.05, 0.1) is 16.3 Å². The van der Waals surface area contributed by atoms with Gasteiger partial charge >= 0.3 is 0 Å². The summed E-state index contributed by atoms with van der Waals surface area (Å²) in [6, 6.07) is 4.74. The first-order chi connectivity index (χ1) is 11.3. The third-order valence-corrected chi connectivity index (χ3v) is 6.14. The molecule has 0 saturated carbocycles. The lowest BCUT2D eigenvalue weighted by atomic mass is 9.88. The number of carbonyl (C=O) groups excluding carboxylic acids is 1. The minimum absolute atomic E-state index is 0.0972. The summed E-state index contributed by atoms with van der Waals surface area (Å²) < 4.78 is 25.8. The normalized spacial score (nSPS) is 16.5. The number of hydrogen-bond acceptors (Lipinski definition) is 5. The van der Waals surface area contributed by atoms with Crippen molar-refractivity contribution < 1.29 is 13.2 Å². The Bertz CT molecular complexity index is 699. The van der Waals surface area contributed by atoms with Crippen molar-refractivity contribution >= 4 is 27.3 Å². The van der Waals surface area contributed by atoms with Crippen LogP contribution in [-0.4, -0.2) is 52.4 Å². The molecule has 8 heteroatoms. The molecule has 0 aromatic heterocycles. The van der Waals surface area contributed by atoms with Gasteiger partial charge in [-0.2, -0.15) is 0 Å². The average molecular weight is 354 g/mol. The van der Waals surface area contributed by atoms with Crippen LogP contribution in [-0.2, 0) is 14.8 Å². The summed E-state index contributed by atoms with van der Waals surface area (Å²) in [5, 5.41) is 9.19. The van der Waals surface area contributed by atoms with E-state index in [2.05, 4.69) is 16.0 Å². The fraction of sp³-hybridized carbons (Fsp3) is 0.562. The SMILES string of the molecule is CCNc1ccc(S(=O)(=O)N(C)C)cc1NC(=O)C(C)C1CNC1. The Labute approximate surface area is 143 Å². The molecule has 1 saturated heterocycles. The lowest BCUT2D eigenvalue weighted by molar-refractivity contribution is -0.121. The van der Waals surface area contributed by atoms with Gasteiger partial charge in [-0.15, -0.1) is 0 Å². The van der Waals surface area contributed by atoms with Gasteiger partial charge in [0.1, 0.15) is 0 Å². The zero-order valence-corrected chi connectivity index (χ0v) is 15.4. The molecule has 1 fully saturated rings. The fourth-order valence-electron chi connectivity index (χ4n) is 2.47. The van der Waals surface area contributed by atoms with Crippen LogP contribution in [0.15, 0.2) is 23.1 Å². The number of anilines is 2. The van der Waals surface area contributed by atoms with Crippen LogP contribution in [0.1, 0.15) is 13.8 Å². The van der Waals surface area contributed by atoms with Crippen molar-refractivity contribution in [3.63, 3.8) is 0 Å².